The largest absolute Gasteiger partial charge is 0.344 e. The van der Waals surface area contributed by atoms with Crippen LogP contribution in [0.3, 0.4) is 0 Å². The van der Waals surface area contributed by atoms with Gasteiger partial charge in [-0.25, -0.2) is 8.78 Å². The summed E-state index contributed by atoms with van der Waals surface area (Å²) >= 11 is 0. The Labute approximate surface area is 197 Å². The van der Waals surface area contributed by atoms with E-state index in [0.717, 1.165) is 47.0 Å². The molecule has 34 heavy (non-hydrogen) atoms. The molecule has 0 bridgehead atoms. The molecular formula is C27H29F2N3O2. The van der Waals surface area contributed by atoms with Gasteiger partial charge in [0.1, 0.15) is 0 Å². The molecule has 1 saturated carbocycles. The number of alkyl halides is 2. The molecule has 3 aromatic rings. The van der Waals surface area contributed by atoms with Crippen LogP contribution < -0.4 is 10.9 Å². The fraction of sp³-hybridized carbons (Fsp3) is 0.444. The van der Waals surface area contributed by atoms with Crippen molar-refractivity contribution in [2.75, 3.05) is 0 Å². The van der Waals surface area contributed by atoms with E-state index >= 15 is 0 Å². The number of hydrogen-bond acceptors (Lipinski definition) is 3. The first-order valence-electron chi connectivity index (χ1n) is 12.1. The third-order valence-electron chi connectivity index (χ3n) is 7.32. The summed E-state index contributed by atoms with van der Waals surface area (Å²) in [5.41, 5.74) is 3.79. The summed E-state index contributed by atoms with van der Waals surface area (Å²) in [6.45, 7) is 1.89. The van der Waals surface area contributed by atoms with Gasteiger partial charge < -0.3 is 9.88 Å². The number of amides is 1. The van der Waals surface area contributed by atoms with Gasteiger partial charge in [-0.1, -0.05) is 6.07 Å². The molecule has 1 N–H and O–H groups in total. The maximum atomic E-state index is 13.8. The molecule has 2 aliphatic carbocycles. The zero-order chi connectivity index (χ0) is 23.9. The second-order valence-electron chi connectivity index (χ2n) is 9.61. The Hall–Kier alpha value is -3.09. The van der Waals surface area contributed by atoms with E-state index in [1.54, 1.807) is 16.8 Å². The lowest BCUT2D eigenvalue weighted by Gasteiger charge is -2.32. The third-order valence-corrected chi connectivity index (χ3v) is 7.32. The lowest BCUT2D eigenvalue weighted by Crippen LogP contribution is -2.35. The van der Waals surface area contributed by atoms with Gasteiger partial charge in [0.15, 0.2) is 0 Å². The molecule has 5 rings (SSSR count). The van der Waals surface area contributed by atoms with Crippen LogP contribution >= 0.6 is 0 Å². The Balaban J connectivity index is 1.54. The summed E-state index contributed by atoms with van der Waals surface area (Å²) in [6, 6.07) is 10.5. The standard InChI is InChI=1S/C27H29F2N3O2/c1-17(23-8-4-5-15-30-23)31-25(33)18-9-10-24-22(16-18)20-6-2-3-7-21(20)26(34)32(24)19-11-13-27(28,29)14-12-19/h4-5,8-10,15-17,19H,2-3,6-7,11-14H2,1H3,(H,31,33)/t17-/m0/s1. The lowest BCUT2D eigenvalue weighted by molar-refractivity contribution is -0.0438. The molecule has 1 atom stereocenters. The van der Waals surface area contributed by atoms with Gasteiger partial charge in [0, 0.05) is 41.6 Å². The number of aryl methyl sites for hydroxylation is 1. The molecule has 2 heterocycles. The quantitative estimate of drug-likeness (QED) is 0.552. The minimum absolute atomic E-state index is 0.0432. The monoisotopic (exact) mass is 465 g/mol. The topological polar surface area (TPSA) is 64.0 Å². The van der Waals surface area contributed by atoms with Crippen molar-refractivity contribution in [2.24, 2.45) is 0 Å². The molecule has 0 spiro atoms. The van der Waals surface area contributed by atoms with Crippen LogP contribution in [-0.2, 0) is 12.8 Å². The minimum Gasteiger partial charge on any atom is -0.344 e. The van der Waals surface area contributed by atoms with E-state index in [1.807, 2.05) is 37.3 Å². The van der Waals surface area contributed by atoms with E-state index in [0.29, 0.717) is 12.0 Å². The molecule has 7 heteroatoms. The fourth-order valence-corrected chi connectivity index (χ4v) is 5.45. The maximum absolute atomic E-state index is 13.8. The van der Waals surface area contributed by atoms with Crippen molar-refractivity contribution >= 4 is 16.8 Å². The smallest absolute Gasteiger partial charge is 0.254 e. The van der Waals surface area contributed by atoms with Crippen LogP contribution in [0, 0.1) is 0 Å². The summed E-state index contributed by atoms with van der Waals surface area (Å²) < 4.78 is 29.4. The fourth-order valence-electron chi connectivity index (χ4n) is 5.45. The Kier molecular flexibility index (Phi) is 5.96. The van der Waals surface area contributed by atoms with Crippen LogP contribution in [0.1, 0.15) is 84.7 Å². The lowest BCUT2D eigenvalue weighted by atomic mass is 9.87. The molecule has 1 aromatic carbocycles. The van der Waals surface area contributed by atoms with Gasteiger partial charge >= 0.3 is 0 Å². The Morgan fingerprint density at radius 2 is 1.85 bits per heavy atom. The highest BCUT2D eigenvalue weighted by Gasteiger charge is 2.36. The number of halogens is 2. The maximum Gasteiger partial charge on any atom is 0.254 e. The average molecular weight is 466 g/mol. The second-order valence-corrected chi connectivity index (χ2v) is 9.61. The molecule has 1 amide bonds. The van der Waals surface area contributed by atoms with Gasteiger partial charge in [-0.15, -0.1) is 0 Å². The van der Waals surface area contributed by atoms with E-state index < -0.39 is 5.92 Å². The second kappa shape index (κ2) is 8.93. The first-order chi connectivity index (χ1) is 16.3. The number of fused-ring (bicyclic) bond motifs is 3. The van der Waals surface area contributed by atoms with E-state index in [1.165, 1.54) is 0 Å². The number of aromatic nitrogens is 2. The minimum atomic E-state index is -2.65. The van der Waals surface area contributed by atoms with Crippen LogP contribution in [-0.4, -0.2) is 21.4 Å². The summed E-state index contributed by atoms with van der Waals surface area (Å²) in [6.07, 6.45) is 5.28. The normalized spacial score (nSPS) is 18.9. The predicted molar refractivity (Wildman–Crippen MR) is 127 cm³/mol. The highest BCUT2D eigenvalue weighted by Crippen LogP contribution is 2.40. The third kappa shape index (κ3) is 4.24. The van der Waals surface area contributed by atoms with Crippen LogP contribution in [0.15, 0.2) is 47.4 Å². The number of carbonyl (C=O) groups is 1. The molecule has 1 fully saturated rings. The van der Waals surface area contributed by atoms with Crippen LogP contribution in [0.2, 0.25) is 0 Å². The van der Waals surface area contributed by atoms with Gasteiger partial charge in [0.05, 0.1) is 17.3 Å². The van der Waals surface area contributed by atoms with Gasteiger partial charge in [0.25, 0.3) is 11.5 Å². The summed E-state index contributed by atoms with van der Waals surface area (Å²) in [4.78, 5) is 30.9. The summed E-state index contributed by atoms with van der Waals surface area (Å²) in [5, 5.41) is 3.90. The van der Waals surface area contributed by atoms with Gasteiger partial charge in [-0.3, -0.25) is 14.6 Å². The summed E-state index contributed by atoms with van der Waals surface area (Å²) in [5.74, 6) is -2.86. The first-order valence-corrected chi connectivity index (χ1v) is 12.1. The zero-order valence-electron chi connectivity index (χ0n) is 19.3. The van der Waals surface area contributed by atoms with Crippen molar-refractivity contribution in [1.29, 1.82) is 0 Å². The molecule has 0 saturated heterocycles. The Morgan fingerprint density at radius 1 is 1.12 bits per heavy atom. The summed E-state index contributed by atoms with van der Waals surface area (Å²) in [7, 11) is 0. The van der Waals surface area contributed by atoms with E-state index in [9.17, 15) is 18.4 Å². The SMILES string of the molecule is C[C@H](NC(=O)c1ccc2c(c1)c1c(c(=O)n2C2CCC(F)(F)CC2)CCCC1)c1ccccn1. The molecule has 2 aromatic heterocycles. The van der Waals surface area contributed by atoms with Crippen molar-refractivity contribution in [2.45, 2.75) is 76.3 Å². The van der Waals surface area contributed by atoms with Crippen molar-refractivity contribution < 1.29 is 13.6 Å². The number of rotatable bonds is 4. The molecule has 2 aliphatic rings. The molecule has 178 valence electrons. The predicted octanol–water partition coefficient (Wildman–Crippen LogP) is 5.52. The van der Waals surface area contributed by atoms with Crippen molar-refractivity contribution in [3.63, 3.8) is 0 Å². The van der Waals surface area contributed by atoms with Crippen molar-refractivity contribution in [3.05, 3.63) is 75.3 Å². The van der Waals surface area contributed by atoms with Crippen molar-refractivity contribution in [1.82, 2.24) is 14.9 Å². The molecule has 5 nitrogen and oxygen atoms in total. The number of nitrogens with one attached hydrogen (secondary N) is 1. The molecular weight excluding hydrogens is 436 g/mol. The van der Waals surface area contributed by atoms with E-state index in [2.05, 4.69) is 10.3 Å². The molecule has 0 radical (unpaired) electrons. The molecule has 0 aliphatic heterocycles. The van der Waals surface area contributed by atoms with Crippen LogP contribution in [0.5, 0.6) is 0 Å². The van der Waals surface area contributed by atoms with Gasteiger partial charge in [-0.05, 0) is 81.3 Å². The average Bonchev–Trinajstić information content (AvgIpc) is 2.85. The Bertz CT molecular complexity index is 1280. The number of nitrogens with zero attached hydrogens (tertiary/aromatic N) is 2. The number of benzene rings is 1. The number of pyridine rings is 2. The zero-order valence-corrected chi connectivity index (χ0v) is 19.3. The Morgan fingerprint density at radius 3 is 2.56 bits per heavy atom. The first kappa shape index (κ1) is 22.7. The van der Waals surface area contributed by atoms with Gasteiger partial charge in [0.2, 0.25) is 5.92 Å². The van der Waals surface area contributed by atoms with Crippen LogP contribution in [0.25, 0.3) is 10.9 Å². The van der Waals surface area contributed by atoms with Crippen LogP contribution in [0.4, 0.5) is 8.78 Å². The van der Waals surface area contributed by atoms with E-state index in [4.69, 9.17) is 0 Å². The molecule has 0 unspecified atom stereocenters. The van der Waals surface area contributed by atoms with E-state index in [-0.39, 0.29) is 49.2 Å². The van der Waals surface area contributed by atoms with Gasteiger partial charge in [-0.2, -0.15) is 0 Å². The van der Waals surface area contributed by atoms with Crippen molar-refractivity contribution in [3.8, 4) is 0 Å². The number of carbonyl (C=O) groups excluding carboxylic acids is 1. The highest BCUT2D eigenvalue weighted by atomic mass is 19.3. The highest BCUT2D eigenvalue weighted by molar-refractivity contribution is 5.99. The number of hydrogen-bond donors (Lipinski definition) is 1.